The van der Waals surface area contributed by atoms with Crippen LogP contribution in [0.15, 0.2) is 42.5 Å². The van der Waals surface area contributed by atoms with Crippen molar-refractivity contribution in [2.75, 3.05) is 7.11 Å². The minimum absolute atomic E-state index is 0.0504. The monoisotopic (exact) mass is 312 g/mol. The van der Waals surface area contributed by atoms with Crippen molar-refractivity contribution in [3.05, 3.63) is 63.7 Å². The lowest BCUT2D eigenvalue weighted by Gasteiger charge is -2.13. The summed E-state index contributed by atoms with van der Waals surface area (Å²) in [5.74, 6) is 0.408. The van der Waals surface area contributed by atoms with E-state index in [0.29, 0.717) is 12.2 Å². The second-order valence-corrected chi connectivity index (χ2v) is 5.02. The van der Waals surface area contributed by atoms with E-state index in [0.717, 1.165) is 11.1 Å². The fraction of sp³-hybridized carbons (Fsp3) is 0.235. The van der Waals surface area contributed by atoms with Gasteiger partial charge >= 0.3 is 5.69 Å². The van der Waals surface area contributed by atoms with E-state index >= 15 is 0 Å². The summed E-state index contributed by atoms with van der Waals surface area (Å²) < 4.78 is 10.5. The van der Waals surface area contributed by atoms with Crippen molar-refractivity contribution < 1.29 is 14.4 Å². The summed E-state index contributed by atoms with van der Waals surface area (Å²) >= 11 is 0. The fourth-order valence-corrected chi connectivity index (χ4v) is 2.07. The van der Waals surface area contributed by atoms with Crippen LogP contribution in [0.2, 0.25) is 0 Å². The van der Waals surface area contributed by atoms with Gasteiger partial charge < -0.3 is 9.47 Å². The van der Waals surface area contributed by atoms with Gasteiger partial charge in [0.1, 0.15) is 11.8 Å². The van der Waals surface area contributed by atoms with E-state index in [1.807, 2.05) is 37.3 Å². The third kappa shape index (κ3) is 4.20. The summed E-state index contributed by atoms with van der Waals surface area (Å²) in [6.45, 7) is 1.97. The smallest absolute Gasteiger partial charge is 0.314 e. The number of ether oxygens (including phenoxy) is 2. The number of nitro benzene ring substituents is 1. The molecule has 0 aliphatic heterocycles. The molecule has 6 nitrogen and oxygen atoms in total. The number of rotatable bonds is 6. The first-order valence-corrected chi connectivity index (χ1v) is 6.97. The average Bonchev–Trinajstić information content (AvgIpc) is 2.56. The van der Waals surface area contributed by atoms with E-state index in [2.05, 4.69) is 0 Å². The number of nitrogens with zero attached hydrogens (tertiary/aromatic N) is 2. The Kier molecular flexibility index (Phi) is 5.15. The van der Waals surface area contributed by atoms with Crippen LogP contribution < -0.4 is 9.47 Å². The lowest BCUT2D eigenvalue weighted by Crippen LogP contribution is -2.18. The Labute approximate surface area is 134 Å². The van der Waals surface area contributed by atoms with Crippen LogP contribution in [0.5, 0.6) is 11.5 Å². The lowest BCUT2D eigenvalue weighted by atomic mass is 10.1. The molecule has 0 amide bonds. The molecule has 2 rings (SSSR count). The summed E-state index contributed by atoms with van der Waals surface area (Å²) in [7, 11) is 1.43. The van der Waals surface area contributed by atoms with Crippen LogP contribution in [0.25, 0.3) is 0 Å². The van der Waals surface area contributed by atoms with Crippen LogP contribution in [0.3, 0.4) is 0 Å². The van der Waals surface area contributed by atoms with Gasteiger partial charge in [0.2, 0.25) is 0 Å². The van der Waals surface area contributed by atoms with Crippen LogP contribution in [0.1, 0.15) is 11.1 Å². The molecule has 0 heterocycles. The molecule has 0 fully saturated rings. The number of benzene rings is 2. The van der Waals surface area contributed by atoms with Crippen LogP contribution >= 0.6 is 0 Å². The molecule has 0 unspecified atom stereocenters. The number of aryl methyl sites for hydroxylation is 1. The van der Waals surface area contributed by atoms with Crippen molar-refractivity contribution in [3.63, 3.8) is 0 Å². The highest BCUT2D eigenvalue weighted by Crippen LogP contribution is 2.32. The first-order chi connectivity index (χ1) is 11.0. The van der Waals surface area contributed by atoms with E-state index in [1.165, 1.54) is 19.2 Å². The minimum Gasteiger partial charge on any atom is -0.496 e. The molecule has 0 bridgehead atoms. The van der Waals surface area contributed by atoms with E-state index < -0.39 is 11.0 Å². The quantitative estimate of drug-likeness (QED) is 0.602. The number of nitro groups is 1. The van der Waals surface area contributed by atoms with E-state index in [-0.39, 0.29) is 11.4 Å². The van der Waals surface area contributed by atoms with Gasteiger partial charge in [-0.2, -0.15) is 5.26 Å². The SMILES string of the molecule is COc1ccc(O[C@@H](C#N)Cc2ccc(C)cc2)c([N+](=O)[O-])c1. The van der Waals surface area contributed by atoms with Gasteiger partial charge in [-0.25, -0.2) is 0 Å². The number of methoxy groups -OCH3 is 1. The minimum atomic E-state index is -0.815. The molecule has 0 radical (unpaired) electrons. The molecular formula is C17H16N2O4. The molecule has 1 atom stereocenters. The maximum atomic E-state index is 11.1. The number of hydrogen-bond donors (Lipinski definition) is 0. The van der Waals surface area contributed by atoms with Crippen molar-refractivity contribution in [3.8, 4) is 17.6 Å². The molecule has 118 valence electrons. The predicted octanol–water partition coefficient (Wildman–Crippen LogP) is 3.43. The molecule has 0 saturated heterocycles. The molecule has 0 aliphatic carbocycles. The summed E-state index contributed by atoms with van der Waals surface area (Å²) in [6.07, 6.45) is -0.468. The van der Waals surface area contributed by atoms with Gasteiger partial charge in [-0.05, 0) is 24.6 Å². The van der Waals surface area contributed by atoms with Gasteiger partial charge in [0.15, 0.2) is 11.9 Å². The Hall–Kier alpha value is -3.07. The maximum absolute atomic E-state index is 11.1. The zero-order chi connectivity index (χ0) is 16.8. The molecule has 0 aliphatic rings. The fourth-order valence-electron chi connectivity index (χ4n) is 2.07. The van der Waals surface area contributed by atoms with Crippen LogP contribution in [-0.4, -0.2) is 18.1 Å². The highest BCUT2D eigenvalue weighted by molar-refractivity contribution is 5.51. The van der Waals surface area contributed by atoms with Crippen molar-refractivity contribution in [2.24, 2.45) is 0 Å². The van der Waals surface area contributed by atoms with Crippen LogP contribution in [-0.2, 0) is 6.42 Å². The second-order valence-electron chi connectivity index (χ2n) is 5.02. The maximum Gasteiger partial charge on any atom is 0.314 e. The Morgan fingerprint density at radius 2 is 1.96 bits per heavy atom. The molecule has 6 heteroatoms. The van der Waals surface area contributed by atoms with Gasteiger partial charge in [0.25, 0.3) is 0 Å². The molecule has 0 N–H and O–H groups in total. The highest BCUT2D eigenvalue weighted by Gasteiger charge is 2.20. The summed E-state index contributed by atoms with van der Waals surface area (Å²) in [5, 5.41) is 20.4. The van der Waals surface area contributed by atoms with Gasteiger partial charge in [0.05, 0.1) is 18.1 Å². The average molecular weight is 312 g/mol. The Morgan fingerprint density at radius 1 is 1.26 bits per heavy atom. The van der Waals surface area contributed by atoms with Crippen LogP contribution in [0, 0.1) is 28.4 Å². The van der Waals surface area contributed by atoms with Crippen molar-refractivity contribution in [2.45, 2.75) is 19.4 Å². The van der Waals surface area contributed by atoms with Crippen molar-refractivity contribution in [1.29, 1.82) is 5.26 Å². The van der Waals surface area contributed by atoms with Crippen molar-refractivity contribution in [1.82, 2.24) is 0 Å². The molecule has 0 aromatic heterocycles. The molecule has 2 aromatic carbocycles. The summed E-state index contributed by atoms with van der Waals surface area (Å²) in [4.78, 5) is 10.6. The first-order valence-electron chi connectivity index (χ1n) is 6.97. The molecule has 0 spiro atoms. The van der Waals surface area contributed by atoms with Gasteiger partial charge in [-0.1, -0.05) is 29.8 Å². The Balaban J connectivity index is 2.20. The highest BCUT2D eigenvalue weighted by atomic mass is 16.6. The van der Waals surface area contributed by atoms with Gasteiger partial charge in [0, 0.05) is 6.42 Å². The first kappa shape index (κ1) is 16.3. The van der Waals surface area contributed by atoms with E-state index in [4.69, 9.17) is 9.47 Å². The van der Waals surface area contributed by atoms with Crippen molar-refractivity contribution >= 4 is 5.69 Å². The molecule has 23 heavy (non-hydrogen) atoms. The zero-order valence-corrected chi connectivity index (χ0v) is 12.9. The molecule has 2 aromatic rings. The largest absolute Gasteiger partial charge is 0.496 e. The number of nitriles is 1. The zero-order valence-electron chi connectivity index (χ0n) is 12.9. The standard InChI is InChI=1S/C17H16N2O4/c1-12-3-5-13(6-4-12)9-15(11-18)23-17-8-7-14(22-2)10-16(17)19(20)21/h3-8,10,15H,9H2,1-2H3/t15-/m1/s1. The number of hydrogen-bond acceptors (Lipinski definition) is 5. The third-order valence-electron chi connectivity index (χ3n) is 3.32. The summed E-state index contributed by atoms with van der Waals surface area (Å²) in [6, 6.07) is 14.0. The van der Waals surface area contributed by atoms with E-state index in [1.54, 1.807) is 6.07 Å². The Morgan fingerprint density at radius 3 is 2.52 bits per heavy atom. The van der Waals surface area contributed by atoms with E-state index in [9.17, 15) is 15.4 Å². The normalized spacial score (nSPS) is 11.3. The summed E-state index contributed by atoms with van der Waals surface area (Å²) in [5.41, 5.74) is 1.82. The van der Waals surface area contributed by atoms with Crippen LogP contribution in [0.4, 0.5) is 5.69 Å². The predicted molar refractivity (Wildman–Crippen MR) is 84.6 cm³/mol. The second kappa shape index (κ2) is 7.27. The molecular weight excluding hydrogens is 296 g/mol. The lowest BCUT2D eigenvalue weighted by molar-refractivity contribution is -0.386. The van der Waals surface area contributed by atoms with Gasteiger partial charge in [-0.3, -0.25) is 10.1 Å². The third-order valence-corrected chi connectivity index (χ3v) is 3.32. The Bertz CT molecular complexity index is 735. The molecule has 0 saturated carbocycles. The van der Waals surface area contributed by atoms with Gasteiger partial charge in [-0.15, -0.1) is 0 Å². The topological polar surface area (TPSA) is 85.4 Å².